The van der Waals surface area contributed by atoms with E-state index in [0.717, 1.165) is 0 Å². The number of aliphatic hydroxyl groups is 3. The van der Waals surface area contributed by atoms with Gasteiger partial charge in [-0.1, -0.05) is 0 Å². The molecular formula is C6H15O8P. The topological polar surface area (TPSA) is 156 Å². The highest BCUT2D eigenvalue weighted by atomic mass is 31.2. The van der Waals surface area contributed by atoms with Crippen molar-refractivity contribution in [3.8, 4) is 0 Å². The lowest BCUT2D eigenvalue weighted by Gasteiger charge is -2.17. The van der Waals surface area contributed by atoms with Crippen molar-refractivity contribution in [3.63, 3.8) is 0 Å². The zero-order valence-electron chi connectivity index (χ0n) is 7.96. The van der Waals surface area contributed by atoms with Gasteiger partial charge in [-0.05, 0) is 6.92 Å². The van der Waals surface area contributed by atoms with Gasteiger partial charge in [0.05, 0.1) is 12.2 Å². The fourth-order valence-electron chi connectivity index (χ4n) is 0.560. The van der Waals surface area contributed by atoms with E-state index in [-0.39, 0.29) is 6.42 Å². The lowest BCUT2D eigenvalue weighted by molar-refractivity contribution is -0.113. The van der Waals surface area contributed by atoms with Gasteiger partial charge >= 0.3 is 7.82 Å². The second-order valence-corrected chi connectivity index (χ2v) is 3.74. The zero-order valence-corrected chi connectivity index (χ0v) is 8.86. The van der Waals surface area contributed by atoms with E-state index >= 15 is 0 Å². The highest BCUT2D eigenvalue weighted by Crippen LogP contribution is 2.25. The van der Waals surface area contributed by atoms with Crippen molar-refractivity contribution in [2.75, 3.05) is 0 Å². The maximum atomic E-state index is 9.79. The van der Waals surface area contributed by atoms with Crippen molar-refractivity contribution < 1.29 is 39.4 Å². The molecule has 0 aliphatic heterocycles. The molecule has 0 aromatic heterocycles. The van der Waals surface area contributed by atoms with Crippen molar-refractivity contribution in [2.45, 2.75) is 31.7 Å². The smallest absolute Gasteiger partial charge is 0.391 e. The summed E-state index contributed by atoms with van der Waals surface area (Å²) in [4.78, 5) is 31.4. The Bertz CT molecular complexity index is 203. The van der Waals surface area contributed by atoms with E-state index in [1.165, 1.54) is 6.92 Å². The quantitative estimate of drug-likeness (QED) is 0.240. The normalized spacial score (nSPS) is 17.0. The molecule has 3 atom stereocenters. The highest BCUT2D eigenvalue weighted by Gasteiger charge is 2.19. The molecule has 0 amide bonds. The van der Waals surface area contributed by atoms with Gasteiger partial charge in [-0.3, -0.25) is 0 Å². The molecule has 0 aliphatic rings. The average Bonchev–Trinajstić information content (AvgIpc) is 2.00. The fraction of sp³-hybridized carbons (Fsp3) is 0.833. The number of rotatable bonds is 4. The standard InChI is InChI=1S/C6H12O4.H3O4P/c1-4(8)6(10)5(9)2-3-7;1-5(2,3)4/h3-6,8-10H,2H2,1H3;(H3,1,2,3,4)/t4-,5-,6-;/m1./s1. The van der Waals surface area contributed by atoms with Crippen molar-refractivity contribution in [3.05, 3.63) is 0 Å². The molecule has 0 fully saturated rings. The van der Waals surface area contributed by atoms with Gasteiger partial charge in [0.1, 0.15) is 12.4 Å². The summed E-state index contributed by atoms with van der Waals surface area (Å²) in [6, 6.07) is 0. The number of phosphoric acid groups is 1. The summed E-state index contributed by atoms with van der Waals surface area (Å²) in [5.74, 6) is 0. The largest absolute Gasteiger partial charge is 0.466 e. The summed E-state index contributed by atoms with van der Waals surface area (Å²) in [7, 11) is -4.64. The Labute approximate surface area is 86.0 Å². The van der Waals surface area contributed by atoms with Crippen LogP contribution in [-0.2, 0) is 9.36 Å². The molecule has 0 spiro atoms. The van der Waals surface area contributed by atoms with Crippen LogP contribution in [0.4, 0.5) is 0 Å². The summed E-state index contributed by atoms with van der Waals surface area (Å²) in [6.07, 6.45) is -3.04. The summed E-state index contributed by atoms with van der Waals surface area (Å²) in [5, 5.41) is 26.4. The van der Waals surface area contributed by atoms with E-state index in [1.54, 1.807) is 0 Å². The molecule has 0 heterocycles. The van der Waals surface area contributed by atoms with Crippen LogP contribution < -0.4 is 0 Å². The van der Waals surface area contributed by atoms with Gasteiger partial charge in [-0.25, -0.2) is 4.57 Å². The van der Waals surface area contributed by atoms with Crippen LogP contribution in [0.3, 0.4) is 0 Å². The van der Waals surface area contributed by atoms with E-state index in [2.05, 4.69) is 0 Å². The van der Waals surface area contributed by atoms with E-state index in [4.69, 9.17) is 34.6 Å². The van der Waals surface area contributed by atoms with Crippen LogP contribution in [0, 0.1) is 0 Å². The SMILES string of the molecule is C[C@@H](O)[C@@H](O)[C@H](O)CC=O.O=P(O)(O)O. The minimum absolute atomic E-state index is 0.147. The first-order chi connectivity index (χ1) is 6.59. The third-order valence-corrected chi connectivity index (χ3v) is 1.23. The van der Waals surface area contributed by atoms with Crippen LogP contribution in [0.5, 0.6) is 0 Å². The molecule has 0 saturated carbocycles. The van der Waals surface area contributed by atoms with E-state index in [9.17, 15) is 4.79 Å². The molecule has 0 radical (unpaired) electrons. The molecule has 0 aliphatic carbocycles. The Morgan fingerprint density at radius 3 is 1.73 bits per heavy atom. The summed E-state index contributed by atoms with van der Waals surface area (Å²) in [6.45, 7) is 1.35. The monoisotopic (exact) mass is 246 g/mol. The predicted octanol–water partition coefficient (Wildman–Crippen LogP) is -2.25. The molecule has 0 bridgehead atoms. The van der Waals surface area contributed by atoms with Gasteiger partial charge in [0.15, 0.2) is 0 Å². The van der Waals surface area contributed by atoms with Crippen LogP contribution in [-0.4, -0.2) is 54.6 Å². The second kappa shape index (κ2) is 7.89. The Kier molecular flexibility index (Phi) is 8.98. The maximum absolute atomic E-state index is 9.79. The third kappa shape index (κ3) is 16.3. The van der Waals surface area contributed by atoms with Crippen molar-refractivity contribution in [1.82, 2.24) is 0 Å². The van der Waals surface area contributed by atoms with Crippen LogP contribution in [0.15, 0.2) is 0 Å². The summed E-state index contributed by atoms with van der Waals surface area (Å²) >= 11 is 0. The van der Waals surface area contributed by atoms with Crippen LogP contribution in [0.2, 0.25) is 0 Å². The Morgan fingerprint density at radius 2 is 1.53 bits per heavy atom. The highest BCUT2D eigenvalue weighted by molar-refractivity contribution is 7.45. The van der Waals surface area contributed by atoms with Gasteiger partial charge < -0.3 is 34.8 Å². The van der Waals surface area contributed by atoms with Gasteiger partial charge in [-0.15, -0.1) is 0 Å². The number of carbonyl (C=O) groups excluding carboxylic acids is 1. The molecule has 6 N–H and O–H groups in total. The van der Waals surface area contributed by atoms with Crippen molar-refractivity contribution in [2.24, 2.45) is 0 Å². The molecular weight excluding hydrogens is 231 g/mol. The van der Waals surface area contributed by atoms with Gasteiger partial charge in [0.25, 0.3) is 0 Å². The molecule has 0 aromatic rings. The van der Waals surface area contributed by atoms with Crippen LogP contribution in [0.25, 0.3) is 0 Å². The second-order valence-electron chi connectivity index (χ2n) is 2.71. The Morgan fingerprint density at radius 1 is 1.20 bits per heavy atom. The molecule has 8 nitrogen and oxygen atoms in total. The van der Waals surface area contributed by atoms with Gasteiger partial charge in [-0.2, -0.15) is 0 Å². The van der Waals surface area contributed by atoms with E-state index < -0.39 is 26.1 Å². The molecule has 0 rings (SSSR count). The first-order valence-corrected chi connectivity index (χ1v) is 5.42. The average molecular weight is 246 g/mol. The molecule has 9 heteroatoms. The van der Waals surface area contributed by atoms with E-state index in [1.807, 2.05) is 0 Å². The van der Waals surface area contributed by atoms with Crippen LogP contribution in [0.1, 0.15) is 13.3 Å². The molecule has 15 heavy (non-hydrogen) atoms. The maximum Gasteiger partial charge on any atom is 0.466 e. The first-order valence-electron chi connectivity index (χ1n) is 3.85. The zero-order chi connectivity index (χ0) is 12.6. The molecule has 0 aromatic carbocycles. The minimum Gasteiger partial charge on any atom is -0.391 e. The fourth-order valence-corrected chi connectivity index (χ4v) is 0.560. The lowest BCUT2D eigenvalue weighted by atomic mass is 10.1. The molecule has 0 unspecified atom stereocenters. The third-order valence-electron chi connectivity index (χ3n) is 1.23. The number of aliphatic hydroxyl groups excluding tert-OH is 3. The Hall–Kier alpha value is -0.340. The van der Waals surface area contributed by atoms with Crippen LogP contribution >= 0.6 is 7.82 Å². The summed E-state index contributed by atoms with van der Waals surface area (Å²) in [5.41, 5.74) is 0. The predicted molar refractivity (Wildman–Crippen MR) is 48.6 cm³/mol. The first kappa shape index (κ1) is 17.1. The number of carbonyl (C=O) groups is 1. The number of hydrogen-bond donors (Lipinski definition) is 6. The van der Waals surface area contributed by atoms with Gasteiger partial charge in [0, 0.05) is 6.42 Å². The van der Waals surface area contributed by atoms with Crippen molar-refractivity contribution in [1.29, 1.82) is 0 Å². The van der Waals surface area contributed by atoms with Gasteiger partial charge in [0.2, 0.25) is 0 Å². The van der Waals surface area contributed by atoms with Crippen molar-refractivity contribution >= 4 is 14.1 Å². The molecule has 0 saturated heterocycles. The minimum atomic E-state index is -4.64. The van der Waals surface area contributed by atoms with E-state index in [0.29, 0.717) is 6.29 Å². The number of aldehydes is 1. The number of hydrogen-bond acceptors (Lipinski definition) is 5. The Balaban J connectivity index is 0. The summed E-state index contributed by atoms with van der Waals surface area (Å²) < 4.78 is 8.88. The lowest BCUT2D eigenvalue weighted by Crippen LogP contribution is -2.35. The molecule has 92 valence electrons.